The van der Waals surface area contributed by atoms with Crippen LogP contribution in [0.3, 0.4) is 0 Å². The first-order chi connectivity index (χ1) is 10.3. The smallest absolute Gasteiger partial charge is 0.416 e. The summed E-state index contributed by atoms with van der Waals surface area (Å²) in [4.78, 5) is 0. The van der Waals surface area contributed by atoms with Gasteiger partial charge >= 0.3 is 6.18 Å². The van der Waals surface area contributed by atoms with E-state index in [-0.39, 0.29) is 12.2 Å². The lowest BCUT2D eigenvalue weighted by atomic mass is 10.1. The van der Waals surface area contributed by atoms with Gasteiger partial charge in [0.25, 0.3) is 0 Å². The van der Waals surface area contributed by atoms with Crippen molar-refractivity contribution in [2.45, 2.75) is 19.1 Å². The third-order valence-electron chi connectivity index (χ3n) is 4.09. The zero-order chi connectivity index (χ0) is 16.0. The summed E-state index contributed by atoms with van der Waals surface area (Å²) in [5.74, 6) is 0. The minimum absolute atomic E-state index is 0.176. The quantitative estimate of drug-likeness (QED) is 0.676. The van der Waals surface area contributed by atoms with Crippen LogP contribution in [0.5, 0.6) is 0 Å². The number of nitrogens with zero attached hydrogens (tertiary/aromatic N) is 1. The second-order valence-corrected chi connectivity index (χ2v) is 5.43. The van der Waals surface area contributed by atoms with Crippen molar-refractivity contribution in [3.63, 3.8) is 0 Å². The fraction of sp³-hybridized carbons (Fsp3) is 0.250. The van der Waals surface area contributed by atoms with Gasteiger partial charge in [-0.25, -0.2) is 0 Å². The Morgan fingerprint density at radius 3 is 2.36 bits per heavy atom. The summed E-state index contributed by atoms with van der Waals surface area (Å²) < 4.78 is 37.8. The van der Waals surface area contributed by atoms with E-state index in [9.17, 15) is 18.4 Å². The zero-order valence-electron chi connectivity index (χ0n) is 11.7. The van der Waals surface area contributed by atoms with E-state index in [1.54, 1.807) is 24.3 Å². The Balaban J connectivity index is 2.07. The first-order valence-electron chi connectivity index (χ1n) is 6.94. The van der Waals surface area contributed by atoms with Crippen LogP contribution in [-0.2, 0) is 19.1 Å². The third kappa shape index (κ3) is 2.39. The summed E-state index contributed by atoms with van der Waals surface area (Å²) in [6.45, 7) is 0.562. The normalized spacial score (nSPS) is 21.0. The number of quaternary nitrogens is 1. The Morgan fingerprint density at radius 2 is 1.77 bits per heavy atom. The van der Waals surface area contributed by atoms with E-state index in [1.165, 1.54) is 6.07 Å². The number of nitrogens with two attached hydrogens (primary N) is 1. The minimum Gasteiger partial charge on any atom is -0.622 e. The SMILES string of the molecule is NCc1ccc([N+]2([O-])CCc3ccc(C(F)(F)F)cc32)cc1. The molecule has 1 aliphatic rings. The molecule has 0 fully saturated rings. The molecule has 1 unspecified atom stereocenters. The van der Waals surface area contributed by atoms with Crippen LogP contribution in [0.2, 0.25) is 0 Å². The summed E-state index contributed by atoms with van der Waals surface area (Å²) in [6, 6.07) is 10.2. The van der Waals surface area contributed by atoms with E-state index in [4.69, 9.17) is 5.73 Å². The molecular formula is C16H15F3N2O. The van der Waals surface area contributed by atoms with Gasteiger partial charge in [0, 0.05) is 36.7 Å². The van der Waals surface area contributed by atoms with Crippen molar-refractivity contribution >= 4 is 11.4 Å². The van der Waals surface area contributed by atoms with Crippen LogP contribution in [-0.4, -0.2) is 6.54 Å². The number of alkyl halides is 3. The monoisotopic (exact) mass is 308 g/mol. The lowest BCUT2D eigenvalue weighted by molar-refractivity contribution is -0.137. The molecule has 0 aliphatic carbocycles. The van der Waals surface area contributed by atoms with Crippen LogP contribution >= 0.6 is 0 Å². The van der Waals surface area contributed by atoms with Crippen molar-refractivity contribution in [1.29, 1.82) is 0 Å². The molecule has 3 rings (SSSR count). The van der Waals surface area contributed by atoms with E-state index in [2.05, 4.69) is 0 Å². The molecule has 6 heteroatoms. The summed E-state index contributed by atoms with van der Waals surface area (Å²) in [7, 11) is 0. The van der Waals surface area contributed by atoms with Crippen molar-refractivity contribution in [2.24, 2.45) is 5.73 Å². The van der Waals surface area contributed by atoms with Gasteiger partial charge in [-0.05, 0) is 11.6 Å². The van der Waals surface area contributed by atoms with E-state index in [0.29, 0.717) is 24.2 Å². The molecule has 0 amide bonds. The average molecular weight is 308 g/mol. The lowest BCUT2D eigenvalue weighted by Gasteiger charge is -2.38. The summed E-state index contributed by atoms with van der Waals surface area (Å²) >= 11 is 0. The van der Waals surface area contributed by atoms with Gasteiger partial charge in [-0.15, -0.1) is 0 Å². The molecule has 0 saturated heterocycles. The number of hydrogen-bond acceptors (Lipinski definition) is 2. The molecule has 0 aromatic heterocycles. The maximum absolute atomic E-state index is 13.1. The van der Waals surface area contributed by atoms with Gasteiger partial charge in [0.05, 0.1) is 12.1 Å². The van der Waals surface area contributed by atoms with E-state index >= 15 is 0 Å². The molecule has 116 valence electrons. The molecule has 0 spiro atoms. The van der Waals surface area contributed by atoms with Crippen LogP contribution in [0.4, 0.5) is 24.5 Å². The average Bonchev–Trinajstić information content (AvgIpc) is 2.85. The van der Waals surface area contributed by atoms with E-state index < -0.39 is 16.4 Å². The van der Waals surface area contributed by atoms with E-state index in [0.717, 1.165) is 17.7 Å². The number of hydroxylamine groups is 1. The minimum atomic E-state index is -4.45. The third-order valence-corrected chi connectivity index (χ3v) is 4.09. The van der Waals surface area contributed by atoms with Gasteiger partial charge in [0.15, 0.2) is 0 Å². The second kappa shape index (κ2) is 5.08. The standard InChI is InChI=1S/C16H15F3N2O/c17-16(18,19)13-4-3-12-7-8-21(22,15(12)9-13)14-5-1-11(10-20)2-6-14/h1-6,9H,7-8,10,20H2. The number of hydrogen-bond donors (Lipinski definition) is 1. The van der Waals surface area contributed by atoms with Crippen molar-refractivity contribution in [2.75, 3.05) is 6.54 Å². The molecule has 2 N–H and O–H groups in total. The summed E-state index contributed by atoms with van der Waals surface area (Å²) in [5.41, 5.74) is 6.88. The highest BCUT2D eigenvalue weighted by molar-refractivity contribution is 5.67. The highest BCUT2D eigenvalue weighted by atomic mass is 19.4. The maximum Gasteiger partial charge on any atom is 0.416 e. The summed E-state index contributed by atoms with van der Waals surface area (Å²) in [5, 5.41) is 13.1. The van der Waals surface area contributed by atoms with Gasteiger partial charge in [0.1, 0.15) is 11.4 Å². The molecule has 1 atom stereocenters. The second-order valence-electron chi connectivity index (χ2n) is 5.43. The molecule has 1 aliphatic heterocycles. The molecular weight excluding hydrogens is 293 g/mol. The Bertz CT molecular complexity index is 698. The van der Waals surface area contributed by atoms with Gasteiger partial charge in [-0.1, -0.05) is 18.2 Å². The van der Waals surface area contributed by atoms with Gasteiger partial charge < -0.3 is 10.9 Å². The lowest BCUT2D eigenvalue weighted by Crippen LogP contribution is -2.35. The predicted octanol–water partition coefficient (Wildman–Crippen LogP) is 3.86. The van der Waals surface area contributed by atoms with Crippen molar-refractivity contribution in [3.8, 4) is 0 Å². The van der Waals surface area contributed by atoms with Gasteiger partial charge in [-0.2, -0.15) is 13.2 Å². The topological polar surface area (TPSA) is 49.1 Å². The van der Waals surface area contributed by atoms with Crippen LogP contribution in [0.25, 0.3) is 0 Å². The fourth-order valence-electron chi connectivity index (χ4n) is 2.83. The van der Waals surface area contributed by atoms with Crippen LogP contribution in [0.15, 0.2) is 42.5 Å². The van der Waals surface area contributed by atoms with Gasteiger partial charge in [0.2, 0.25) is 0 Å². The Labute approximate surface area is 125 Å². The molecule has 0 saturated carbocycles. The Hall–Kier alpha value is -1.89. The van der Waals surface area contributed by atoms with Crippen molar-refractivity contribution in [3.05, 3.63) is 64.4 Å². The molecule has 1 heterocycles. The largest absolute Gasteiger partial charge is 0.622 e. The number of halogens is 3. The zero-order valence-corrected chi connectivity index (χ0v) is 11.7. The van der Waals surface area contributed by atoms with Crippen LogP contribution in [0.1, 0.15) is 16.7 Å². The molecule has 0 radical (unpaired) electrons. The first kappa shape index (κ1) is 15.0. The summed E-state index contributed by atoms with van der Waals surface area (Å²) in [6.07, 6.45) is -3.98. The highest BCUT2D eigenvalue weighted by Crippen LogP contribution is 2.44. The predicted molar refractivity (Wildman–Crippen MR) is 79.2 cm³/mol. The molecule has 2 aromatic rings. The maximum atomic E-state index is 13.1. The van der Waals surface area contributed by atoms with E-state index in [1.807, 2.05) is 0 Å². The molecule has 2 aromatic carbocycles. The molecule has 0 bridgehead atoms. The van der Waals surface area contributed by atoms with Crippen LogP contribution in [0, 0.1) is 5.21 Å². The number of benzene rings is 2. The van der Waals surface area contributed by atoms with Gasteiger partial charge in [-0.3, -0.25) is 4.65 Å². The van der Waals surface area contributed by atoms with Crippen molar-refractivity contribution < 1.29 is 13.2 Å². The Morgan fingerprint density at radius 1 is 1.09 bits per heavy atom. The fourth-order valence-corrected chi connectivity index (χ4v) is 2.83. The van der Waals surface area contributed by atoms with Crippen molar-refractivity contribution in [1.82, 2.24) is 4.65 Å². The first-order valence-corrected chi connectivity index (χ1v) is 6.94. The number of rotatable bonds is 2. The highest BCUT2D eigenvalue weighted by Gasteiger charge is 2.37. The molecule has 22 heavy (non-hydrogen) atoms. The number of fused-ring (bicyclic) bond motifs is 1. The van der Waals surface area contributed by atoms with Crippen LogP contribution < -0.4 is 10.4 Å². The molecule has 3 nitrogen and oxygen atoms in total. The Kier molecular flexibility index (Phi) is 3.47.